The number of likely N-dealkylation sites (N-methyl/N-ethyl adjacent to an activating group) is 1. The third-order valence-electron chi connectivity index (χ3n) is 5.25. The third kappa shape index (κ3) is 5.74. The molecule has 0 aromatic rings. The zero-order valence-corrected chi connectivity index (χ0v) is 15.5. The summed E-state index contributed by atoms with van der Waals surface area (Å²) in [5, 5.41) is 0. The third-order valence-corrected chi connectivity index (χ3v) is 5.25. The molecule has 0 aromatic carbocycles. The molecule has 1 saturated carbocycles. The predicted molar refractivity (Wildman–Crippen MR) is 93.7 cm³/mol. The van der Waals surface area contributed by atoms with Crippen molar-refractivity contribution in [3.05, 3.63) is 0 Å². The smallest absolute Gasteiger partial charge is 0.248 e. The second kappa shape index (κ2) is 9.37. The van der Waals surface area contributed by atoms with Crippen molar-refractivity contribution < 1.29 is 14.3 Å². The summed E-state index contributed by atoms with van der Waals surface area (Å²) < 4.78 is 5.91. The largest absolute Gasteiger partial charge is 0.368 e. The molecule has 24 heavy (non-hydrogen) atoms. The number of rotatable bonds is 5. The Labute approximate surface area is 146 Å². The Balaban J connectivity index is 1.74. The van der Waals surface area contributed by atoms with Crippen molar-refractivity contribution in [1.29, 1.82) is 0 Å². The van der Waals surface area contributed by atoms with Gasteiger partial charge in [0.1, 0.15) is 6.61 Å². The number of amides is 2. The van der Waals surface area contributed by atoms with Crippen LogP contribution in [0.4, 0.5) is 0 Å². The van der Waals surface area contributed by atoms with Crippen LogP contribution in [0.1, 0.15) is 39.0 Å². The SMILES string of the molecule is CC1CCCCC1OCC(=O)N1CCCN(CC(=O)N(C)C)CC1. The summed E-state index contributed by atoms with van der Waals surface area (Å²) in [6.45, 7) is 5.92. The quantitative estimate of drug-likeness (QED) is 0.755. The molecule has 0 aromatic heterocycles. The molecule has 0 N–H and O–H groups in total. The number of hydrogen-bond donors (Lipinski definition) is 0. The second-order valence-corrected chi connectivity index (χ2v) is 7.41. The van der Waals surface area contributed by atoms with Crippen molar-refractivity contribution in [2.24, 2.45) is 5.92 Å². The predicted octanol–water partition coefficient (Wildman–Crippen LogP) is 1.20. The molecule has 1 aliphatic carbocycles. The van der Waals surface area contributed by atoms with Crippen molar-refractivity contribution in [2.75, 3.05) is 53.4 Å². The highest BCUT2D eigenvalue weighted by molar-refractivity contribution is 5.78. The molecule has 2 aliphatic rings. The molecule has 0 radical (unpaired) electrons. The van der Waals surface area contributed by atoms with Crippen LogP contribution >= 0.6 is 0 Å². The Morgan fingerprint density at radius 1 is 1.04 bits per heavy atom. The highest BCUT2D eigenvalue weighted by Gasteiger charge is 2.25. The molecule has 1 heterocycles. The molecule has 0 spiro atoms. The number of carbonyl (C=O) groups is 2. The molecule has 1 saturated heterocycles. The lowest BCUT2D eigenvalue weighted by molar-refractivity contribution is -0.139. The van der Waals surface area contributed by atoms with Crippen LogP contribution in [0.25, 0.3) is 0 Å². The van der Waals surface area contributed by atoms with E-state index in [1.807, 2.05) is 4.90 Å². The first-order valence-corrected chi connectivity index (χ1v) is 9.29. The van der Waals surface area contributed by atoms with Gasteiger partial charge in [-0.05, 0) is 25.2 Å². The van der Waals surface area contributed by atoms with Crippen LogP contribution in [0.3, 0.4) is 0 Å². The first kappa shape index (κ1) is 19.2. The van der Waals surface area contributed by atoms with E-state index in [-0.39, 0.29) is 24.5 Å². The average Bonchev–Trinajstić information content (AvgIpc) is 2.79. The first-order valence-electron chi connectivity index (χ1n) is 9.29. The maximum Gasteiger partial charge on any atom is 0.248 e. The van der Waals surface area contributed by atoms with Gasteiger partial charge in [-0.2, -0.15) is 0 Å². The zero-order chi connectivity index (χ0) is 17.5. The Bertz CT molecular complexity index is 428. The minimum absolute atomic E-state index is 0.0913. The Morgan fingerprint density at radius 2 is 1.79 bits per heavy atom. The fourth-order valence-electron chi connectivity index (χ4n) is 3.51. The van der Waals surface area contributed by atoms with E-state index < -0.39 is 0 Å². The van der Waals surface area contributed by atoms with E-state index >= 15 is 0 Å². The van der Waals surface area contributed by atoms with Crippen LogP contribution in [-0.4, -0.2) is 86.0 Å². The highest BCUT2D eigenvalue weighted by Crippen LogP contribution is 2.26. The van der Waals surface area contributed by atoms with E-state index in [1.165, 1.54) is 19.3 Å². The normalized spacial score (nSPS) is 26.0. The number of carbonyl (C=O) groups excluding carboxylic acids is 2. The molecule has 0 bridgehead atoms. The Morgan fingerprint density at radius 3 is 2.50 bits per heavy atom. The van der Waals surface area contributed by atoms with Crippen molar-refractivity contribution in [3.63, 3.8) is 0 Å². The van der Waals surface area contributed by atoms with Crippen LogP contribution in [0.2, 0.25) is 0 Å². The first-order chi connectivity index (χ1) is 11.5. The summed E-state index contributed by atoms with van der Waals surface area (Å²) in [4.78, 5) is 29.9. The van der Waals surface area contributed by atoms with Crippen molar-refractivity contribution in [3.8, 4) is 0 Å². The van der Waals surface area contributed by atoms with Crippen molar-refractivity contribution in [1.82, 2.24) is 14.7 Å². The van der Waals surface area contributed by atoms with Gasteiger partial charge in [0.05, 0.1) is 12.6 Å². The molecule has 2 rings (SSSR count). The topological polar surface area (TPSA) is 53.1 Å². The summed E-state index contributed by atoms with van der Waals surface area (Å²) >= 11 is 0. The molecule has 2 fully saturated rings. The van der Waals surface area contributed by atoms with Gasteiger partial charge in [-0.1, -0.05) is 19.8 Å². The molecular formula is C18H33N3O3. The lowest BCUT2D eigenvalue weighted by Crippen LogP contribution is -2.41. The standard InChI is InChI=1S/C18H33N3O3/c1-15-7-4-5-8-16(15)24-14-18(23)21-10-6-9-20(11-12-21)13-17(22)19(2)3/h15-16H,4-14H2,1-3H3. The minimum Gasteiger partial charge on any atom is -0.368 e. The van der Waals surface area contributed by atoms with Crippen molar-refractivity contribution >= 4 is 11.8 Å². The van der Waals surface area contributed by atoms with Gasteiger partial charge >= 0.3 is 0 Å². The van der Waals surface area contributed by atoms with Crippen LogP contribution in [0, 0.1) is 5.92 Å². The molecule has 2 unspecified atom stereocenters. The monoisotopic (exact) mass is 339 g/mol. The second-order valence-electron chi connectivity index (χ2n) is 7.41. The van der Waals surface area contributed by atoms with Gasteiger partial charge in [0.2, 0.25) is 11.8 Å². The van der Waals surface area contributed by atoms with E-state index in [2.05, 4.69) is 11.8 Å². The van der Waals surface area contributed by atoms with Crippen LogP contribution in [-0.2, 0) is 14.3 Å². The number of hydrogen-bond acceptors (Lipinski definition) is 4. The lowest BCUT2D eigenvalue weighted by atomic mass is 9.88. The maximum atomic E-state index is 12.4. The van der Waals surface area contributed by atoms with Crippen LogP contribution < -0.4 is 0 Å². The van der Waals surface area contributed by atoms with Gasteiger partial charge in [-0.3, -0.25) is 14.5 Å². The maximum absolute atomic E-state index is 12.4. The van der Waals surface area contributed by atoms with Gasteiger partial charge < -0.3 is 14.5 Å². The average molecular weight is 339 g/mol. The van der Waals surface area contributed by atoms with E-state index in [0.29, 0.717) is 19.0 Å². The molecule has 2 amide bonds. The summed E-state index contributed by atoms with van der Waals surface area (Å²) in [6, 6.07) is 0. The van der Waals surface area contributed by atoms with Crippen LogP contribution in [0.15, 0.2) is 0 Å². The number of ether oxygens (including phenoxy) is 1. The summed E-state index contributed by atoms with van der Waals surface area (Å²) in [5.41, 5.74) is 0. The highest BCUT2D eigenvalue weighted by atomic mass is 16.5. The lowest BCUT2D eigenvalue weighted by Gasteiger charge is -2.29. The van der Waals surface area contributed by atoms with E-state index in [4.69, 9.17) is 4.74 Å². The van der Waals surface area contributed by atoms with E-state index in [1.54, 1.807) is 19.0 Å². The van der Waals surface area contributed by atoms with Crippen LogP contribution in [0.5, 0.6) is 0 Å². The van der Waals surface area contributed by atoms with Gasteiger partial charge in [0.15, 0.2) is 0 Å². The van der Waals surface area contributed by atoms with E-state index in [0.717, 1.165) is 32.5 Å². The fourth-order valence-corrected chi connectivity index (χ4v) is 3.51. The van der Waals surface area contributed by atoms with E-state index in [9.17, 15) is 9.59 Å². The fraction of sp³-hybridized carbons (Fsp3) is 0.889. The molecule has 1 aliphatic heterocycles. The molecular weight excluding hydrogens is 306 g/mol. The summed E-state index contributed by atoms with van der Waals surface area (Å²) in [7, 11) is 3.55. The zero-order valence-electron chi connectivity index (χ0n) is 15.5. The van der Waals surface area contributed by atoms with Gasteiger partial charge in [-0.15, -0.1) is 0 Å². The molecule has 2 atom stereocenters. The van der Waals surface area contributed by atoms with Crippen molar-refractivity contribution in [2.45, 2.75) is 45.1 Å². The summed E-state index contributed by atoms with van der Waals surface area (Å²) in [6.07, 6.45) is 5.92. The van der Waals surface area contributed by atoms with Gasteiger partial charge in [0.25, 0.3) is 0 Å². The molecule has 138 valence electrons. The Hall–Kier alpha value is -1.14. The summed E-state index contributed by atoms with van der Waals surface area (Å²) in [5.74, 6) is 0.765. The minimum atomic E-state index is 0.0913. The molecule has 6 nitrogen and oxygen atoms in total. The molecule has 6 heteroatoms. The Kier molecular flexibility index (Phi) is 7.49. The number of nitrogens with zero attached hydrogens (tertiary/aromatic N) is 3. The van der Waals surface area contributed by atoms with Gasteiger partial charge in [-0.25, -0.2) is 0 Å². The van der Waals surface area contributed by atoms with Gasteiger partial charge in [0, 0.05) is 40.3 Å².